The number of hydrogen-bond acceptors (Lipinski definition) is 8. The van der Waals surface area contributed by atoms with Crippen LogP contribution in [0.25, 0.3) is 0 Å². The van der Waals surface area contributed by atoms with E-state index >= 15 is 0 Å². The second kappa shape index (κ2) is 7.86. The van der Waals surface area contributed by atoms with E-state index in [-0.39, 0.29) is 11.5 Å². The van der Waals surface area contributed by atoms with Crippen molar-refractivity contribution in [2.45, 2.75) is 0 Å². The fraction of sp³-hybridized carbons (Fsp3) is 0.143. The Morgan fingerprint density at radius 3 is 1.36 bits per heavy atom. The molecule has 0 saturated carbocycles. The molecule has 0 saturated heterocycles. The van der Waals surface area contributed by atoms with Crippen LogP contribution in [0.5, 0.6) is 23.0 Å². The van der Waals surface area contributed by atoms with Crippen LogP contribution < -0.4 is 18.5 Å². The van der Waals surface area contributed by atoms with E-state index in [0.29, 0.717) is 11.5 Å². The molecule has 0 aromatic heterocycles. The van der Waals surface area contributed by atoms with Gasteiger partial charge in [-0.3, -0.25) is 0 Å². The summed E-state index contributed by atoms with van der Waals surface area (Å²) in [5.41, 5.74) is 0. The molecular formula is C14H15O9PSe. The van der Waals surface area contributed by atoms with Gasteiger partial charge in [-0.05, 0) is 0 Å². The van der Waals surface area contributed by atoms with Crippen molar-refractivity contribution >= 4 is 21.2 Å². The molecule has 0 aliphatic rings. The average molecular weight is 437 g/mol. The maximum atomic E-state index is 12.6. The molecule has 2 rings (SSSR count). The van der Waals surface area contributed by atoms with Crippen LogP contribution in [0.3, 0.4) is 0 Å². The van der Waals surface area contributed by atoms with Crippen molar-refractivity contribution in [3.63, 3.8) is 0 Å². The van der Waals surface area contributed by atoms with Gasteiger partial charge in [0.25, 0.3) is 0 Å². The van der Waals surface area contributed by atoms with Crippen LogP contribution in [0.2, 0.25) is 0 Å². The average Bonchev–Trinajstić information content (AvgIpc) is 2.54. The molecule has 2 aromatic rings. The number of hydrogen-bond donors (Lipinski definition) is 1. The molecule has 0 radical (unpaired) electrons. The number of rotatable bonds is 8. The zero-order valence-corrected chi connectivity index (χ0v) is 15.8. The normalized spacial score (nSPS) is 11.6. The van der Waals surface area contributed by atoms with E-state index in [1.54, 1.807) is 0 Å². The van der Waals surface area contributed by atoms with Crippen LogP contribution >= 0.6 is 7.82 Å². The Labute approximate surface area is 145 Å². The summed E-state index contributed by atoms with van der Waals surface area (Å²) < 4.78 is 67.9. The Hall–Kier alpha value is -2.09. The molecule has 0 spiro atoms. The van der Waals surface area contributed by atoms with Crippen molar-refractivity contribution in [1.82, 2.24) is 0 Å². The molecule has 25 heavy (non-hydrogen) atoms. The third-order valence-electron chi connectivity index (χ3n) is 2.74. The van der Waals surface area contributed by atoms with Crippen LogP contribution in [0.4, 0.5) is 0 Å². The Bertz CT molecular complexity index is 793. The molecule has 0 fully saturated rings. The van der Waals surface area contributed by atoms with Gasteiger partial charge in [0.1, 0.15) is 0 Å². The Balaban J connectivity index is 2.26. The van der Waals surface area contributed by atoms with Crippen molar-refractivity contribution in [1.29, 1.82) is 0 Å². The van der Waals surface area contributed by atoms with Gasteiger partial charge in [-0.1, -0.05) is 0 Å². The topological polar surface area (TPSA) is 118 Å². The van der Waals surface area contributed by atoms with Crippen LogP contribution in [0.1, 0.15) is 0 Å². The molecule has 136 valence electrons. The molecule has 0 unspecified atom stereocenters. The molecule has 0 aliphatic heterocycles. The maximum absolute atomic E-state index is 12.6. The van der Waals surface area contributed by atoms with Gasteiger partial charge in [0.15, 0.2) is 0 Å². The zero-order chi connectivity index (χ0) is 18.5. The molecule has 0 aliphatic carbocycles. The van der Waals surface area contributed by atoms with Crippen molar-refractivity contribution in [3.8, 4) is 23.0 Å². The van der Waals surface area contributed by atoms with Crippen molar-refractivity contribution in [2.75, 3.05) is 14.2 Å². The second-order valence-electron chi connectivity index (χ2n) is 4.48. The summed E-state index contributed by atoms with van der Waals surface area (Å²) in [4.78, 5) is 0. The fourth-order valence-electron chi connectivity index (χ4n) is 1.70. The van der Waals surface area contributed by atoms with Gasteiger partial charge in [0.2, 0.25) is 0 Å². The molecule has 9 nitrogen and oxygen atoms in total. The van der Waals surface area contributed by atoms with Gasteiger partial charge < -0.3 is 0 Å². The monoisotopic (exact) mass is 438 g/mol. The van der Waals surface area contributed by atoms with Crippen LogP contribution in [0, 0.1) is 0 Å². The number of methoxy groups -OCH3 is 2. The molecule has 0 amide bonds. The summed E-state index contributed by atoms with van der Waals surface area (Å²) in [6.45, 7) is 0. The molecule has 0 heterocycles. The SMILES string of the molecule is COc1ccc(OP(=O)(Oc2ccc(OC)cc2)O[Se](=O)(=O)O)cc1. The molecule has 0 bridgehead atoms. The summed E-state index contributed by atoms with van der Waals surface area (Å²) in [6, 6.07) is 11.4. The molecule has 11 heteroatoms. The number of benzene rings is 2. The number of phosphoric acid groups is 1. The quantitative estimate of drug-likeness (QED) is 0.491. The van der Waals surface area contributed by atoms with Crippen molar-refractivity contribution in [2.24, 2.45) is 0 Å². The third-order valence-corrected chi connectivity index (χ3v) is 6.31. The summed E-state index contributed by atoms with van der Waals surface area (Å²) in [5.74, 6) is 0.968. The van der Waals surface area contributed by atoms with Gasteiger partial charge in [-0.15, -0.1) is 0 Å². The van der Waals surface area contributed by atoms with Crippen LogP contribution in [-0.4, -0.2) is 31.8 Å². The fourth-order valence-corrected chi connectivity index (χ4v) is 4.62. The van der Waals surface area contributed by atoms with E-state index < -0.39 is 21.2 Å². The standard InChI is InChI=1S/C14H15O9PSe/c1-19-11-3-7-13(8-4-11)21-24(15,23-25(16,17)18)22-14-9-5-12(20-2)6-10-14/h3-10H,1-2H3,(H,16,17,18). The first-order valence-electron chi connectivity index (χ1n) is 6.69. The predicted molar refractivity (Wildman–Crippen MR) is 85.3 cm³/mol. The zero-order valence-electron chi connectivity index (χ0n) is 13.2. The summed E-state index contributed by atoms with van der Waals surface area (Å²) >= 11 is -5.88. The number of phosphoric ester groups is 1. The van der Waals surface area contributed by atoms with E-state index in [0.717, 1.165) is 0 Å². The molecule has 1 N–H and O–H groups in total. The van der Waals surface area contributed by atoms with E-state index in [2.05, 4.69) is 3.61 Å². The molecule has 0 atom stereocenters. The first-order chi connectivity index (χ1) is 11.7. The van der Waals surface area contributed by atoms with E-state index in [4.69, 9.17) is 22.7 Å². The molecule has 2 aromatic carbocycles. The minimum absolute atomic E-state index is 0.0149. The van der Waals surface area contributed by atoms with Gasteiger partial charge in [0, 0.05) is 0 Å². The number of ether oxygens (including phenoxy) is 2. The van der Waals surface area contributed by atoms with Crippen molar-refractivity contribution in [3.05, 3.63) is 48.5 Å². The summed E-state index contributed by atoms with van der Waals surface area (Å²) in [5, 5.41) is 0. The Morgan fingerprint density at radius 1 is 0.760 bits per heavy atom. The Morgan fingerprint density at radius 2 is 1.08 bits per heavy atom. The summed E-state index contributed by atoms with van der Waals surface area (Å²) in [6.07, 6.45) is 0. The van der Waals surface area contributed by atoms with Gasteiger partial charge >= 0.3 is 145 Å². The van der Waals surface area contributed by atoms with Crippen molar-refractivity contribution < 1.29 is 38.6 Å². The summed E-state index contributed by atoms with van der Waals surface area (Å²) in [7, 11) is -1.81. The van der Waals surface area contributed by atoms with Gasteiger partial charge in [-0.2, -0.15) is 0 Å². The second-order valence-corrected chi connectivity index (χ2v) is 8.62. The van der Waals surface area contributed by atoms with E-state index in [9.17, 15) is 12.2 Å². The first-order valence-corrected chi connectivity index (χ1v) is 11.0. The minimum atomic E-state index is -5.88. The van der Waals surface area contributed by atoms with E-state index in [1.807, 2.05) is 0 Å². The van der Waals surface area contributed by atoms with Crippen LogP contribution in [0.15, 0.2) is 48.5 Å². The first kappa shape index (κ1) is 19.2. The van der Waals surface area contributed by atoms with Crippen LogP contribution in [-0.2, 0) is 15.8 Å². The van der Waals surface area contributed by atoms with Gasteiger partial charge in [0.05, 0.1) is 0 Å². The Kier molecular flexibility index (Phi) is 6.05. The van der Waals surface area contributed by atoms with Gasteiger partial charge in [-0.25, -0.2) is 0 Å². The third kappa shape index (κ3) is 6.04. The predicted octanol–water partition coefficient (Wildman–Crippen LogP) is 2.58. The molecular weight excluding hydrogens is 422 g/mol. The van der Waals surface area contributed by atoms with E-state index in [1.165, 1.54) is 62.8 Å².